The quantitative estimate of drug-likeness (QED) is 0.0404. The second kappa shape index (κ2) is 129. The van der Waals surface area contributed by atoms with E-state index in [4.69, 9.17) is 18.3 Å². The minimum Gasteiger partial charge on any atom is -0.662 e. The summed E-state index contributed by atoms with van der Waals surface area (Å²) in [5.74, 6) is 5.38. The van der Waals surface area contributed by atoms with E-state index in [1.54, 1.807) is 0 Å². The third-order valence-corrected chi connectivity index (χ3v) is 23.8. The average Bonchev–Trinajstić information content (AvgIpc) is 0.966. The molecule has 4 radical (unpaired) electrons. The van der Waals surface area contributed by atoms with E-state index >= 15 is 0 Å². The fraction of sp³-hybridized carbons (Fsp3) is 0.819. The van der Waals surface area contributed by atoms with Crippen LogP contribution in [0.3, 0.4) is 0 Å². The van der Waals surface area contributed by atoms with Gasteiger partial charge in [0.25, 0.3) is 0 Å². The van der Waals surface area contributed by atoms with Crippen LogP contribution in [0.15, 0.2) is 0 Å². The summed E-state index contributed by atoms with van der Waals surface area (Å²) in [6.07, 6.45) is 50.0. The first-order valence-electron chi connectivity index (χ1n) is 55.5. The third kappa shape index (κ3) is 124. The number of unbranched alkanes of at least 4 members (excludes halogenated alkanes) is 12. The van der Waals surface area contributed by atoms with E-state index in [0.717, 1.165) is 205 Å². The zero-order chi connectivity index (χ0) is 101. The molecule has 0 aromatic rings. The second-order valence-corrected chi connectivity index (χ2v) is 36.7. The molecule has 0 rings (SSSR count). The molecule has 816 valence electrons. The Bertz CT molecular complexity index is 2540. The van der Waals surface area contributed by atoms with Crippen LogP contribution in [0.4, 0.5) is 0 Å². The first kappa shape index (κ1) is 157. The van der Waals surface area contributed by atoms with Crippen LogP contribution in [0.2, 0.25) is 0 Å². The smallest absolute Gasteiger partial charge is 0.134 e. The van der Waals surface area contributed by atoms with Crippen molar-refractivity contribution in [3.05, 3.63) is 53.8 Å². The zero-order valence-electron chi connectivity index (χ0n) is 96.6. The zero-order valence-corrected chi connectivity index (χ0v) is 105. The Labute approximate surface area is 968 Å². The van der Waals surface area contributed by atoms with Gasteiger partial charge in [-0.15, -0.1) is 13.1 Å². The van der Waals surface area contributed by atoms with E-state index in [1.165, 1.54) is 0 Å². The van der Waals surface area contributed by atoms with Gasteiger partial charge in [-0.25, -0.2) is 5.92 Å². The summed E-state index contributed by atoms with van der Waals surface area (Å²) < 4.78 is 39.6. The van der Waals surface area contributed by atoms with Gasteiger partial charge in [-0.1, -0.05) is 180 Å². The molecule has 3 atom stereocenters. The second-order valence-electron chi connectivity index (χ2n) is 36.7. The number of hydrogen-bond acceptors (Lipinski definition) is 19. The molecule has 20 nitrogen and oxygen atoms in total. The largest absolute Gasteiger partial charge is 0.662 e. The van der Waals surface area contributed by atoms with Crippen molar-refractivity contribution in [3.63, 3.8) is 0 Å². The molecule has 140 heavy (non-hydrogen) atoms. The van der Waals surface area contributed by atoms with E-state index in [2.05, 4.69) is 83.3 Å². The van der Waals surface area contributed by atoms with Crippen molar-refractivity contribution in [2.75, 3.05) is 92.0 Å². The Morgan fingerprint density at radius 2 is 0.436 bits per heavy atom. The summed E-state index contributed by atoms with van der Waals surface area (Å²) >= 11 is 0. The molecule has 0 saturated carbocycles. The van der Waals surface area contributed by atoms with Crippen LogP contribution in [0.25, 0.3) is 5.32 Å². The van der Waals surface area contributed by atoms with Crippen molar-refractivity contribution in [3.8, 4) is 0 Å². The minimum absolute atomic E-state index is 0. The topological polar surface area (TPSA) is 287 Å². The van der Waals surface area contributed by atoms with E-state index in [-0.39, 0.29) is 226 Å². The predicted octanol–water partition coefficient (Wildman–Crippen LogP) is 29.0. The van der Waals surface area contributed by atoms with Crippen LogP contribution in [-0.2, 0) is 212 Å². The van der Waals surface area contributed by atoms with Crippen molar-refractivity contribution in [1.82, 2.24) is 9.80 Å². The summed E-state index contributed by atoms with van der Waals surface area (Å²) in [7, 11) is 0. The molecule has 0 saturated heterocycles. The van der Waals surface area contributed by atoms with Gasteiger partial charge in [-0.2, -0.15) is 25.7 Å². The van der Waals surface area contributed by atoms with Crippen LogP contribution in [0.5, 0.6) is 0 Å². The van der Waals surface area contributed by atoms with Gasteiger partial charge in [0.15, 0.2) is 0 Å². The third-order valence-electron chi connectivity index (χ3n) is 23.8. The van der Waals surface area contributed by atoms with Crippen molar-refractivity contribution in [1.29, 1.82) is 0 Å². The standard InChI is InChI=1S/C43H75O6.C40H72N3O6.C16H33O3.C13H23O2.4CH3.4Y/c1-5-9-20-40(46)32-28-36(29-33-41(47)21-10-6-2)18-16-26-38(44)24-14-13-15-25-39(45)27-17-19-37(30-34-42(48)22-11-7-3)31-35-43(49)23-12-8-4;1-5-9-15-37(46)23-31-42(32-24-38(47)16-10-6-2)29-13-19-35(44)21-27-41-28-22-36(45)20-14-30-43(33-25-39(48)17-11-7-3)34-26-40(49)18-12-8-4;1-4-7-10-17-13-16(14-18-11-8-5-2)15-19-12-9-6-3;1-3-8-12(14)10-6-5-7-11-13(15)9-4-2;;;;;;;;/h13,36-37H,5-12,14-35H2,1-4H3;5-34H2,1-4H3;4-15H2,1-3H3;5H,3-4,6-11H2,1-2H3;4*1H3;;;;/q8*-1;;;;/i;;7T,8T,9T;;;;;;;;;. The van der Waals surface area contributed by atoms with Gasteiger partial charge >= 0.3 is 0 Å². The van der Waals surface area contributed by atoms with Crippen molar-refractivity contribution in [2.24, 2.45) is 11.8 Å². The summed E-state index contributed by atoms with van der Waals surface area (Å²) in [5.41, 5.74) is 0. The molecule has 0 aliphatic rings. The van der Waals surface area contributed by atoms with Crippen molar-refractivity contribution < 1.29 is 216 Å². The van der Waals surface area contributed by atoms with Gasteiger partial charge in [0, 0.05) is 322 Å². The van der Waals surface area contributed by atoms with Crippen LogP contribution in [-0.4, -0.2) is 183 Å². The molecule has 3 unspecified atom stereocenters. The number of ketones is 14. The molecule has 0 aromatic heterocycles. The molecule has 0 spiro atoms. The van der Waals surface area contributed by atoms with E-state index in [9.17, 15) is 67.1 Å². The summed E-state index contributed by atoms with van der Waals surface area (Å²) in [6.45, 7) is 33.9. The number of carbonyl (C=O) groups is 14. The van der Waals surface area contributed by atoms with Crippen LogP contribution >= 0.6 is 0 Å². The molecule has 0 N–H and O–H groups in total. The first-order valence-corrected chi connectivity index (χ1v) is 53.8. The number of ether oxygens (including phenoxy) is 3. The molecule has 0 aliphatic heterocycles. The first-order chi connectivity index (χ1) is 65.0. The van der Waals surface area contributed by atoms with Crippen molar-refractivity contribution in [2.45, 2.75) is 514 Å². The average molecular weight is 2290 g/mol. The SMILES string of the molecule is CCCC(=O)CC[CH-]CCC(=O)CCC.CCCCC(=O)CCC(CCCC(=O)CC[CH-]CCC(=O)CCCC(CCC(=O)CCCC)CCC(=O)CCCC)CCC(=O)CCCC.CCCCC(=O)CCN(CCCC(=O)CC[N-]CCC(=O)CCCN(CCC(=O)CCCC)CCC(=O)CCCC)CCC(=O)CCCC.[3H]C(CC)COC[C-](COCC([3H])CC)COCC([3H])CC.[CH3-].[CH3-].[CH3-].[CH3-].[Y].[Y].[Y].[Y]. The Morgan fingerprint density at radius 3 is 0.657 bits per heavy atom. The number of nitrogens with zero attached hydrogens (tertiary/aromatic N) is 3. The van der Waals surface area contributed by atoms with Gasteiger partial charge < -0.3 is 71.9 Å². The summed E-state index contributed by atoms with van der Waals surface area (Å²) in [6, 6.07) is 0. The fourth-order valence-corrected chi connectivity index (χ4v) is 14.8. The summed E-state index contributed by atoms with van der Waals surface area (Å²) in [4.78, 5) is 174. The number of rotatable bonds is 101. The van der Waals surface area contributed by atoms with E-state index < -0.39 is 0 Å². The molecule has 0 amide bonds. The maximum absolute atomic E-state index is 12.6. The molecule has 0 fully saturated rings. The predicted molar refractivity (Wildman–Crippen MR) is 571 cm³/mol. The monoisotopic (exact) mass is 2280 g/mol. The maximum Gasteiger partial charge on any atom is 0.134 e. The van der Waals surface area contributed by atoms with Crippen LogP contribution in [0, 0.1) is 60.3 Å². The molecular weight excluding hydrogens is 2060 g/mol. The molecule has 0 aliphatic carbocycles. The van der Waals surface area contributed by atoms with Gasteiger partial charge in [0.2, 0.25) is 0 Å². The number of hydrogen-bond donors (Lipinski definition) is 0. The van der Waals surface area contributed by atoms with Gasteiger partial charge in [0.05, 0.1) is 0 Å². The van der Waals surface area contributed by atoms with E-state index in [0.29, 0.717) is 344 Å². The Morgan fingerprint density at radius 1 is 0.236 bits per heavy atom. The Kier molecular flexibility index (Phi) is 145. The van der Waals surface area contributed by atoms with Crippen molar-refractivity contribution >= 4 is 81.0 Å². The molecule has 24 heteroatoms. The minimum atomic E-state index is -0.196. The van der Waals surface area contributed by atoms with E-state index in [1.807, 2.05) is 34.6 Å². The van der Waals surface area contributed by atoms with Gasteiger partial charge in [-0.3, -0.25) is 67.1 Å². The number of Topliss-reactive ketones (excluding diaryl/α,β-unsaturated/α-hetero) is 14. The molecular formula is C116H215N3O17Y4-8. The Hall–Kier alpha value is -0.444. The molecule has 0 aromatic carbocycles. The maximum atomic E-state index is 12.6. The van der Waals surface area contributed by atoms with Crippen LogP contribution < -0.4 is 0 Å². The normalized spacial score (nSPS) is 11.6. The van der Waals surface area contributed by atoms with Gasteiger partial charge in [-0.05, 0) is 211 Å². The summed E-state index contributed by atoms with van der Waals surface area (Å²) in [5, 5.41) is 4.42. The molecule has 0 heterocycles. The molecule has 0 bridgehead atoms. The number of carbonyl (C=O) groups excluding carboxylic acids is 14. The van der Waals surface area contributed by atoms with Crippen LogP contribution in [0.1, 0.15) is 518 Å². The van der Waals surface area contributed by atoms with Gasteiger partial charge in [0.1, 0.15) is 81.0 Å². The Balaban J connectivity index is -0.000000171. The fourth-order valence-electron chi connectivity index (χ4n) is 14.8.